The third-order valence-corrected chi connectivity index (χ3v) is 10.2. The summed E-state index contributed by atoms with van der Waals surface area (Å²) < 4.78 is 39.5. The van der Waals surface area contributed by atoms with Crippen molar-refractivity contribution in [2.24, 2.45) is 0 Å². The Kier molecular flexibility index (Phi) is 8.93. The Morgan fingerprint density at radius 1 is 1.16 bits per heavy atom. The number of hydrogen-bond acceptors (Lipinski definition) is 9. The van der Waals surface area contributed by atoms with Gasteiger partial charge in [0, 0.05) is 44.5 Å². The lowest BCUT2D eigenvalue weighted by molar-refractivity contribution is -0.146. The van der Waals surface area contributed by atoms with E-state index in [1.807, 2.05) is 24.3 Å². The molecular weight excluding hydrogens is 514 g/mol. The van der Waals surface area contributed by atoms with Gasteiger partial charge < -0.3 is 19.5 Å². The van der Waals surface area contributed by atoms with Gasteiger partial charge in [0.1, 0.15) is 4.21 Å². The molecule has 2 fully saturated rings. The van der Waals surface area contributed by atoms with E-state index in [9.17, 15) is 18.3 Å². The smallest absolute Gasteiger partial charge is 0.307 e. The van der Waals surface area contributed by atoms with Crippen molar-refractivity contribution in [3.05, 3.63) is 47.3 Å². The van der Waals surface area contributed by atoms with Crippen LogP contribution in [0.25, 0.3) is 0 Å². The van der Waals surface area contributed by atoms with Crippen LogP contribution in [0.3, 0.4) is 0 Å². The monoisotopic (exact) mass is 551 g/mol. The van der Waals surface area contributed by atoms with E-state index in [2.05, 4.69) is 9.80 Å². The molecule has 2 atom stereocenters. The first-order valence-corrected chi connectivity index (χ1v) is 15.0. The number of carbonyl (C=O) groups excluding carboxylic acids is 1. The van der Waals surface area contributed by atoms with Crippen molar-refractivity contribution < 1.29 is 27.8 Å². The van der Waals surface area contributed by atoms with Gasteiger partial charge in [-0.15, -0.1) is 11.3 Å². The summed E-state index contributed by atoms with van der Waals surface area (Å²) in [6.07, 6.45) is 0.234. The number of anilines is 1. The van der Waals surface area contributed by atoms with Crippen LogP contribution in [-0.2, 0) is 29.9 Å². The maximum Gasteiger partial charge on any atom is 0.307 e. The van der Waals surface area contributed by atoms with E-state index < -0.39 is 15.6 Å². The molecule has 0 saturated carbocycles. The van der Waals surface area contributed by atoms with E-state index in [0.717, 1.165) is 11.3 Å². The molecule has 1 N–H and O–H groups in total. The lowest BCUT2D eigenvalue weighted by Gasteiger charge is -2.46. The molecule has 0 spiro atoms. The number of nitrogens with zero attached hydrogens (tertiary/aromatic N) is 3. The van der Waals surface area contributed by atoms with Crippen LogP contribution in [0, 0.1) is 0 Å². The molecule has 0 radical (unpaired) electrons. The number of sulfonamides is 1. The average molecular weight is 552 g/mol. The number of ether oxygens (including phenoxy) is 2. The molecule has 1 unspecified atom stereocenters. The van der Waals surface area contributed by atoms with Crippen LogP contribution >= 0.6 is 11.3 Å². The van der Waals surface area contributed by atoms with Crippen molar-refractivity contribution >= 4 is 33.0 Å². The molecule has 4 rings (SSSR count). The van der Waals surface area contributed by atoms with E-state index in [1.165, 1.54) is 11.3 Å². The van der Waals surface area contributed by atoms with Gasteiger partial charge in [0.05, 0.1) is 37.9 Å². The fraction of sp³-hybridized carbons (Fsp3) is 0.577. The summed E-state index contributed by atoms with van der Waals surface area (Å²) in [5.74, 6) is -0.257. The summed E-state index contributed by atoms with van der Waals surface area (Å²) in [5, 5.41) is 12.1. The number of esters is 1. The normalized spacial score (nSPS) is 22.2. The molecule has 0 aliphatic carbocycles. The Bertz CT molecular complexity index is 1130. The predicted molar refractivity (Wildman–Crippen MR) is 143 cm³/mol. The Labute approximate surface area is 223 Å². The summed E-state index contributed by atoms with van der Waals surface area (Å²) in [7, 11) is -3.59. The van der Waals surface area contributed by atoms with Gasteiger partial charge in [0.2, 0.25) is 0 Å². The van der Waals surface area contributed by atoms with Gasteiger partial charge in [-0.2, -0.15) is 4.31 Å². The Morgan fingerprint density at radius 3 is 2.57 bits per heavy atom. The van der Waals surface area contributed by atoms with Crippen LogP contribution in [0.2, 0.25) is 0 Å². The third-order valence-electron chi connectivity index (χ3n) is 6.94. The highest BCUT2D eigenvalue weighted by Gasteiger charge is 2.37. The Hall–Kier alpha value is -2.02. The number of thiophene rings is 1. The highest BCUT2D eigenvalue weighted by molar-refractivity contribution is 7.91. The second kappa shape index (κ2) is 11.8. The van der Waals surface area contributed by atoms with Crippen molar-refractivity contribution in [3.63, 3.8) is 0 Å². The van der Waals surface area contributed by atoms with Gasteiger partial charge in [0.25, 0.3) is 10.0 Å². The van der Waals surface area contributed by atoms with E-state index >= 15 is 0 Å². The number of aliphatic hydroxyl groups is 1. The number of benzene rings is 1. The van der Waals surface area contributed by atoms with Gasteiger partial charge in [-0.1, -0.05) is 18.2 Å². The van der Waals surface area contributed by atoms with Gasteiger partial charge in [-0.25, -0.2) is 8.42 Å². The highest BCUT2D eigenvalue weighted by Crippen LogP contribution is 2.29. The molecule has 11 heteroatoms. The summed E-state index contributed by atoms with van der Waals surface area (Å²) in [4.78, 5) is 16.7. The number of rotatable bonds is 9. The molecule has 0 amide bonds. The molecule has 37 heavy (non-hydrogen) atoms. The number of piperazine rings is 1. The first kappa shape index (κ1) is 28.0. The SMILES string of the molecule is CCOC(=O)CC1COCCN1C[C@H]1CN(S(=O)(=O)c2cccs2)CCN1c1ccc(C(C)(C)O)cc1. The number of morpholine rings is 1. The Balaban J connectivity index is 1.59. The second-order valence-corrected chi connectivity index (χ2v) is 13.1. The highest BCUT2D eigenvalue weighted by atomic mass is 32.2. The molecule has 9 nitrogen and oxygen atoms in total. The largest absolute Gasteiger partial charge is 0.466 e. The Morgan fingerprint density at radius 2 is 1.92 bits per heavy atom. The van der Waals surface area contributed by atoms with Crippen molar-refractivity contribution in [1.82, 2.24) is 9.21 Å². The van der Waals surface area contributed by atoms with Gasteiger partial charge >= 0.3 is 5.97 Å². The van der Waals surface area contributed by atoms with Crippen molar-refractivity contribution in [3.8, 4) is 0 Å². The van der Waals surface area contributed by atoms with Crippen molar-refractivity contribution in [1.29, 1.82) is 0 Å². The lowest BCUT2D eigenvalue weighted by atomic mass is 9.98. The molecule has 204 valence electrons. The second-order valence-electron chi connectivity index (χ2n) is 9.98. The molecular formula is C26H37N3O6S2. The van der Waals surface area contributed by atoms with E-state index in [1.54, 1.807) is 42.6 Å². The maximum atomic E-state index is 13.4. The molecule has 2 aliphatic rings. The van der Waals surface area contributed by atoms with Crippen LogP contribution in [0.4, 0.5) is 5.69 Å². The van der Waals surface area contributed by atoms with E-state index in [-0.39, 0.29) is 24.5 Å². The molecule has 2 aliphatic heterocycles. The summed E-state index contributed by atoms with van der Waals surface area (Å²) in [6.45, 7) is 9.09. The quantitative estimate of drug-likeness (QED) is 0.475. The van der Waals surface area contributed by atoms with Gasteiger partial charge in [-0.3, -0.25) is 9.69 Å². The fourth-order valence-corrected chi connectivity index (χ4v) is 7.55. The zero-order valence-electron chi connectivity index (χ0n) is 21.7. The standard InChI is InChI=1S/C26H37N3O6S2/c1-4-35-24(30)16-22-19-34-14-13-27(22)17-23-18-28(37(32,33)25-6-5-15-36-25)11-12-29(23)21-9-7-20(8-10-21)26(2,3)31/h5-10,15,22-23,31H,4,11-14,16-19H2,1-3H3/t22?,23-/m0/s1. The number of hydrogen-bond donors (Lipinski definition) is 1. The van der Waals surface area contributed by atoms with E-state index in [4.69, 9.17) is 9.47 Å². The minimum absolute atomic E-state index is 0.128. The van der Waals surface area contributed by atoms with Crippen molar-refractivity contribution in [2.75, 3.05) is 57.4 Å². The van der Waals surface area contributed by atoms with Gasteiger partial charge in [-0.05, 0) is 49.9 Å². The summed E-state index contributed by atoms with van der Waals surface area (Å²) in [5.41, 5.74) is 0.843. The molecule has 0 bridgehead atoms. The predicted octanol–water partition coefficient (Wildman–Crippen LogP) is 2.51. The molecule has 1 aromatic carbocycles. The zero-order chi connectivity index (χ0) is 26.6. The third kappa shape index (κ3) is 6.71. The first-order chi connectivity index (χ1) is 17.6. The molecule has 2 saturated heterocycles. The summed E-state index contributed by atoms with van der Waals surface area (Å²) in [6, 6.07) is 10.9. The average Bonchev–Trinajstić information content (AvgIpc) is 3.41. The van der Waals surface area contributed by atoms with Crippen LogP contribution in [0.15, 0.2) is 46.0 Å². The van der Waals surface area contributed by atoms with Crippen LogP contribution in [0.1, 0.15) is 32.8 Å². The molecule has 2 aromatic rings. The minimum Gasteiger partial charge on any atom is -0.466 e. The topological polar surface area (TPSA) is 99.6 Å². The molecule has 3 heterocycles. The zero-order valence-corrected chi connectivity index (χ0v) is 23.3. The van der Waals surface area contributed by atoms with Gasteiger partial charge in [0.15, 0.2) is 0 Å². The fourth-order valence-electron chi connectivity index (χ4n) is 4.94. The summed E-state index contributed by atoms with van der Waals surface area (Å²) >= 11 is 1.23. The first-order valence-electron chi connectivity index (χ1n) is 12.7. The lowest BCUT2D eigenvalue weighted by Crippen LogP contribution is -2.60. The van der Waals surface area contributed by atoms with Crippen LogP contribution in [0.5, 0.6) is 0 Å². The minimum atomic E-state index is -3.59. The van der Waals surface area contributed by atoms with Crippen LogP contribution < -0.4 is 4.90 Å². The van der Waals surface area contributed by atoms with E-state index in [0.29, 0.717) is 56.8 Å². The van der Waals surface area contributed by atoms with Crippen molar-refractivity contribution in [2.45, 2.75) is 49.1 Å². The number of carbonyl (C=O) groups is 1. The molecule has 1 aromatic heterocycles. The maximum absolute atomic E-state index is 13.4. The van der Waals surface area contributed by atoms with Crippen LogP contribution in [-0.4, -0.2) is 93.3 Å².